The fraction of sp³-hybridized carbons (Fsp3) is 0. The van der Waals surface area contributed by atoms with Gasteiger partial charge >= 0.3 is 0 Å². The minimum atomic E-state index is -1.75. The van der Waals surface area contributed by atoms with E-state index in [-0.39, 0.29) is 47.9 Å². The van der Waals surface area contributed by atoms with E-state index in [0.717, 1.165) is 0 Å². The van der Waals surface area contributed by atoms with Crippen molar-refractivity contribution in [3.8, 4) is 0 Å². The van der Waals surface area contributed by atoms with Gasteiger partial charge in [0.25, 0.3) is 0 Å². The van der Waals surface area contributed by atoms with Crippen LogP contribution in [0.4, 0.5) is 0 Å². The Labute approximate surface area is 190 Å². The zero-order chi connectivity index (χ0) is 25.0. The molecule has 0 saturated carbocycles. The molecule has 0 fully saturated rings. The van der Waals surface area contributed by atoms with Gasteiger partial charge in [0.1, 0.15) is 0 Å². The molecule has 0 radical (unpaired) electrons. The molecule has 0 aliphatic rings. The van der Waals surface area contributed by atoms with Gasteiger partial charge in [0.2, 0.25) is 0 Å². The summed E-state index contributed by atoms with van der Waals surface area (Å²) < 4.78 is 0. The predicted octanol–water partition coefficient (Wildman–Crippen LogP) is -1.30. The van der Waals surface area contributed by atoms with Crippen LogP contribution < -0.4 is 6.15 Å². The third kappa shape index (κ3) is 675. The summed E-state index contributed by atoms with van der Waals surface area (Å²) in [6, 6.07) is 0. The van der Waals surface area contributed by atoms with Crippen LogP contribution in [-0.4, -0.2) is 35.6 Å². The van der Waals surface area contributed by atoms with E-state index in [1.807, 2.05) is 0 Å². The molecule has 180 valence electrons. The number of hydrogen-bond acceptors (Lipinski definition) is 21. The monoisotopic (exact) mass is 592 g/mol. The van der Waals surface area contributed by atoms with E-state index in [9.17, 15) is 0 Å². The molecule has 0 aromatic heterocycles. The van der Waals surface area contributed by atoms with Crippen molar-refractivity contribution in [1.29, 1.82) is 0 Å². The van der Waals surface area contributed by atoms with Crippen molar-refractivity contribution in [2.75, 3.05) is 0 Å². The second kappa shape index (κ2) is 49.8. The molecule has 30 heteroatoms. The van der Waals surface area contributed by atoms with Gasteiger partial charge in [-0.2, -0.15) is 0 Å². The Hall–Kier alpha value is -4.26. The maximum atomic E-state index is 8.25. The van der Waals surface area contributed by atoms with Gasteiger partial charge in [-0.15, -0.1) is 0 Å². The second-order valence-corrected chi connectivity index (χ2v) is 1.57. The first kappa shape index (κ1) is 56.2. The van der Waals surface area contributed by atoms with Gasteiger partial charge in [0, 0.05) is 41.7 Å². The summed E-state index contributed by atoms with van der Waals surface area (Å²) >= 11 is 0. The first-order valence-electron chi connectivity index (χ1n) is 3.83. The minimum absolute atomic E-state index is 0. The van der Waals surface area contributed by atoms with Crippen LogP contribution in [0.5, 0.6) is 0 Å². The van der Waals surface area contributed by atoms with Crippen molar-refractivity contribution in [1.82, 2.24) is 6.15 Å². The molecule has 0 aromatic carbocycles. The van der Waals surface area contributed by atoms with E-state index in [1.54, 1.807) is 0 Å². The van der Waals surface area contributed by atoms with Gasteiger partial charge in [-0.05, 0) is 0 Å². The van der Waals surface area contributed by atoms with Crippen molar-refractivity contribution < 1.29 is 77.4 Å². The van der Waals surface area contributed by atoms with Gasteiger partial charge in [-0.3, -0.25) is 0 Å². The average molecular weight is 592 g/mol. The standard InChI is InChI=1S/Ce.7NO3.H3N/c;7*2-1(3)4;/h;;;;;;;;1H3/q;7*-1;/p+1. The van der Waals surface area contributed by atoms with Crippen molar-refractivity contribution >= 4 is 0 Å². The van der Waals surface area contributed by atoms with Crippen LogP contribution in [0, 0.1) is 149 Å². The summed E-state index contributed by atoms with van der Waals surface area (Å²) in [4.78, 5) is 57.8. The Morgan fingerprint density at radius 3 is 0.267 bits per heavy atom. The smallest absolute Gasteiger partial charge is 0.0689 e. The van der Waals surface area contributed by atoms with E-state index < -0.39 is 35.6 Å². The number of rotatable bonds is 0. The average Bonchev–Trinajstić information content (AvgIpc) is 2.20. The van der Waals surface area contributed by atoms with E-state index in [1.165, 1.54) is 0 Å². The molecular formula is H4CeN8O21-6. The summed E-state index contributed by atoms with van der Waals surface area (Å²) in [5.74, 6) is 0. The van der Waals surface area contributed by atoms with E-state index in [0.29, 0.717) is 0 Å². The van der Waals surface area contributed by atoms with Gasteiger partial charge in [-0.25, -0.2) is 0 Å². The maximum Gasteiger partial charge on any atom is 0.0689 e. The van der Waals surface area contributed by atoms with E-state index >= 15 is 0 Å². The molecule has 0 atom stereocenters. The Morgan fingerprint density at radius 2 is 0.267 bits per heavy atom. The van der Waals surface area contributed by atoms with Crippen LogP contribution in [-0.2, 0) is 0 Å². The van der Waals surface area contributed by atoms with Crippen molar-refractivity contribution in [3.05, 3.63) is 107 Å². The summed E-state index contributed by atoms with van der Waals surface area (Å²) in [7, 11) is 0. The fourth-order valence-corrected chi connectivity index (χ4v) is 0. The normalized spacial score (nSPS) is 5.60. The number of quaternary nitrogens is 1. The molecular weight excluding hydrogens is 588 g/mol. The molecule has 0 aliphatic heterocycles. The first-order chi connectivity index (χ1) is 12.1. The molecule has 30 heavy (non-hydrogen) atoms. The third-order valence-electron chi connectivity index (χ3n) is 0. The number of nitrogens with zero attached hydrogens (tertiary/aromatic N) is 7. The van der Waals surface area contributed by atoms with Crippen molar-refractivity contribution in [2.24, 2.45) is 0 Å². The maximum absolute atomic E-state index is 8.25. The molecule has 0 heterocycles. The second-order valence-electron chi connectivity index (χ2n) is 1.57. The Bertz CT molecular complexity index is 310. The molecule has 0 aliphatic carbocycles. The Balaban J connectivity index is -0.0000000242. The minimum Gasteiger partial charge on any atom is -0.369 e. The predicted molar refractivity (Wildman–Crippen MR) is 78.5 cm³/mol. The van der Waals surface area contributed by atoms with Crippen LogP contribution in [0.15, 0.2) is 0 Å². The first-order valence-corrected chi connectivity index (χ1v) is 3.83. The summed E-state index contributed by atoms with van der Waals surface area (Å²) in [5, 5.41) is 103. The molecule has 0 saturated heterocycles. The molecule has 29 nitrogen and oxygen atoms in total. The van der Waals surface area contributed by atoms with Crippen LogP contribution in [0.2, 0.25) is 0 Å². The van der Waals surface area contributed by atoms with Gasteiger partial charge in [0.15, 0.2) is 0 Å². The van der Waals surface area contributed by atoms with E-state index in [4.69, 9.17) is 107 Å². The van der Waals surface area contributed by atoms with Crippen LogP contribution in [0.1, 0.15) is 0 Å². The number of hydrogen-bond donors (Lipinski definition) is 1. The zero-order valence-electron chi connectivity index (χ0n) is 13.2. The Morgan fingerprint density at radius 1 is 0.267 bits per heavy atom. The van der Waals surface area contributed by atoms with Crippen LogP contribution in [0.25, 0.3) is 0 Å². The quantitative estimate of drug-likeness (QED) is 0.252. The fourth-order valence-electron chi connectivity index (χ4n) is 0. The summed E-state index contributed by atoms with van der Waals surface area (Å²) in [5.41, 5.74) is 0. The van der Waals surface area contributed by atoms with Crippen molar-refractivity contribution in [3.63, 3.8) is 0 Å². The van der Waals surface area contributed by atoms with Gasteiger partial charge in [0.05, 0.1) is 35.6 Å². The largest absolute Gasteiger partial charge is 0.369 e. The molecule has 0 unspecified atom stereocenters. The molecule has 0 bridgehead atoms. The summed E-state index contributed by atoms with van der Waals surface area (Å²) in [6.07, 6.45) is 0. The van der Waals surface area contributed by atoms with Gasteiger partial charge < -0.3 is 113 Å². The van der Waals surface area contributed by atoms with Crippen molar-refractivity contribution in [2.45, 2.75) is 0 Å². The summed E-state index contributed by atoms with van der Waals surface area (Å²) in [6.45, 7) is 0. The molecule has 0 aromatic rings. The van der Waals surface area contributed by atoms with Crippen LogP contribution >= 0.6 is 0 Å². The third-order valence-corrected chi connectivity index (χ3v) is 0. The zero-order valence-corrected chi connectivity index (χ0v) is 16.3. The topological polar surface area (TPSA) is 500 Å². The van der Waals surface area contributed by atoms with Gasteiger partial charge in [-0.1, -0.05) is 0 Å². The van der Waals surface area contributed by atoms with Crippen LogP contribution in [0.3, 0.4) is 0 Å². The Kier molecular flexibility index (Phi) is 93.2. The molecule has 4 N–H and O–H groups in total. The van der Waals surface area contributed by atoms with E-state index in [2.05, 4.69) is 0 Å². The molecule has 0 rings (SSSR count). The molecule has 0 spiro atoms. The molecule has 0 amide bonds. The SMILES string of the molecule is O=[N+]([O-])[O-].O=[N+]([O-])[O-].O=[N+]([O-])[O-].O=[N+]([O-])[O-].O=[N+]([O-])[O-].O=[N+]([O-])[O-].O=[N+]([O-])[O-].[Ce].[NH4+].